The summed E-state index contributed by atoms with van der Waals surface area (Å²) >= 11 is 6.83. The Morgan fingerprint density at radius 3 is 2.83 bits per heavy atom. The standard InChI is InChI=1S/C20H19ClFN3O3S/c1-12(18(27)23-17-8-7-13(21)11-15(17)22)29-20-24-16-6-3-2-5-14(16)19(28)25(20)9-4-10-26/h2-3,5-8,11-12,26H,4,9-10H2,1H3,(H,23,27). The number of para-hydroxylation sites is 1. The molecular weight excluding hydrogens is 417 g/mol. The molecule has 1 heterocycles. The summed E-state index contributed by atoms with van der Waals surface area (Å²) in [4.78, 5) is 29.9. The van der Waals surface area contributed by atoms with Gasteiger partial charge in [-0.1, -0.05) is 35.5 Å². The number of anilines is 1. The van der Waals surface area contributed by atoms with Crippen molar-refractivity contribution in [3.8, 4) is 0 Å². The minimum atomic E-state index is -0.654. The molecule has 3 rings (SSSR count). The lowest BCUT2D eigenvalue weighted by Crippen LogP contribution is -2.27. The lowest BCUT2D eigenvalue weighted by molar-refractivity contribution is -0.115. The maximum Gasteiger partial charge on any atom is 0.262 e. The zero-order valence-corrected chi connectivity index (χ0v) is 17.1. The molecule has 0 aliphatic heterocycles. The molecule has 0 radical (unpaired) electrons. The predicted molar refractivity (Wildman–Crippen MR) is 113 cm³/mol. The second-order valence-electron chi connectivity index (χ2n) is 6.32. The molecule has 0 saturated heterocycles. The Labute approximate surface area is 175 Å². The van der Waals surface area contributed by atoms with Crippen LogP contribution in [0.2, 0.25) is 5.02 Å². The van der Waals surface area contributed by atoms with Gasteiger partial charge in [0.2, 0.25) is 5.91 Å². The van der Waals surface area contributed by atoms with Crippen molar-refractivity contribution in [1.82, 2.24) is 9.55 Å². The highest BCUT2D eigenvalue weighted by Gasteiger charge is 2.20. The number of halogens is 2. The van der Waals surface area contributed by atoms with Crippen LogP contribution in [0.4, 0.5) is 10.1 Å². The molecule has 1 atom stereocenters. The van der Waals surface area contributed by atoms with Gasteiger partial charge in [-0.3, -0.25) is 14.2 Å². The van der Waals surface area contributed by atoms with Crippen LogP contribution in [0.1, 0.15) is 13.3 Å². The quantitative estimate of drug-likeness (QED) is 0.436. The lowest BCUT2D eigenvalue weighted by Gasteiger charge is -2.16. The Hall–Kier alpha value is -2.42. The van der Waals surface area contributed by atoms with Gasteiger partial charge in [-0.15, -0.1) is 0 Å². The predicted octanol–water partition coefficient (Wildman–Crippen LogP) is 3.69. The molecule has 0 saturated carbocycles. The van der Waals surface area contributed by atoms with E-state index in [2.05, 4.69) is 10.3 Å². The van der Waals surface area contributed by atoms with Crippen LogP contribution >= 0.6 is 23.4 Å². The van der Waals surface area contributed by atoms with Gasteiger partial charge in [0.05, 0.1) is 21.8 Å². The van der Waals surface area contributed by atoms with E-state index in [0.29, 0.717) is 22.5 Å². The van der Waals surface area contributed by atoms with Gasteiger partial charge >= 0.3 is 0 Å². The van der Waals surface area contributed by atoms with Gasteiger partial charge in [0, 0.05) is 18.2 Å². The number of nitrogens with one attached hydrogen (secondary N) is 1. The normalized spacial score (nSPS) is 12.1. The van der Waals surface area contributed by atoms with Crippen LogP contribution in [0.25, 0.3) is 10.9 Å². The number of thioether (sulfide) groups is 1. The van der Waals surface area contributed by atoms with E-state index < -0.39 is 17.0 Å². The molecular formula is C20H19ClFN3O3S. The fraction of sp³-hybridized carbons (Fsp3) is 0.250. The summed E-state index contributed by atoms with van der Waals surface area (Å²) in [7, 11) is 0. The molecule has 9 heteroatoms. The molecule has 3 aromatic rings. The van der Waals surface area contributed by atoms with Crippen LogP contribution in [0.5, 0.6) is 0 Å². The first-order valence-electron chi connectivity index (χ1n) is 8.93. The first-order chi connectivity index (χ1) is 13.9. The van der Waals surface area contributed by atoms with Crippen molar-refractivity contribution >= 4 is 45.9 Å². The zero-order valence-electron chi connectivity index (χ0n) is 15.6. The molecule has 29 heavy (non-hydrogen) atoms. The van der Waals surface area contributed by atoms with Crippen molar-refractivity contribution in [3.63, 3.8) is 0 Å². The Balaban J connectivity index is 1.87. The third-order valence-electron chi connectivity index (χ3n) is 4.21. The van der Waals surface area contributed by atoms with Gasteiger partial charge < -0.3 is 10.4 Å². The largest absolute Gasteiger partial charge is 0.396 e. The summed E-state index contributed by atoms with van der Waals surface area (Å²) in [5, 5.41) is 12.1. The van der Waals surface area contributed by atoms with Gasteiger partial charge in [0.15, 0.2) is 5.16 Å². The van der Waals surface area contributed by atoms with E-state index in [-0.39, 0.29) is 29.4 Å². The molecule has 0 bridgehead atoms. The Bertz CT molecular complexity index is 1110. The highest BCUT2D eigenvalue weighted by Crippen LogP contribution is 2.25. The van der Waals surface area contributed by atoms with Crippen molar-refractivity contribution < 1.29 is 14.3 Å². The fourth-order valence-corrected chi connectivity index (χ4v) is 3.79. The van der Waals surface area contributed by atoms with E-state index in [1.165, 1.54) is 16.7 Å². The fourth-order valence-electron chi connectivity index (χ4n) is 2.70. The topological polar surface area (TPSA) is 84.2 Å². The number of benzene rings is 2. The van der Waals surface area contributed by atoms with Crippen LogP contribution in [0, 0.1) is 5.82 Å². The molecule has 6 nitrogen and oxygen atoms in total. The zero-order chi connectivity index (χ0) is 21.0. The molecule has 2 aromatic carbocycles. The molecule has 0 aliphatic rings. The van der Waals surface area contributed by atoms with Crippen molar-refractivity contribution in [1.29, 1.82) is 0 Å². The third-order valence-corrected chi connectivity index (χ3v) is 5.53. The molecule has 1 amide bonds. The highest BCUT2D eigenvalue weighted by atomic mass is 35.5. The number of aliphatic hydroxyl groups is 1. The van der Waals surface area contributed by atoms with Gasteiger partial charge in [-0.2, -0.15) is 0 Å². The van der Waals surface area contributed by atoms with Crippen LogP contribution in [0.3, 0.4) is 0 Å². The molecule has 0 fully saturated rings. The maximum atomic E-state index is 13.9. The number of rotatable bonds is 7. The third kappa shape index (κ3) is 4.95. The summed E-state index contributed by atoms with van der Waals surface area (Å²) in [5.41, 5.74) is 0.315. The van der Waals surface area contributed by atoms with Crippen molar-refractivity contribution in [2.24, 2.45) is 0 Å². The molecule has 1 unspecified atom stereocenters. The molecule has 152 valence electrons. The van der Waals surface area contributed by atoms with E-state index in [4.69, 9.17) is 16.7 Å². The van der Waals surface area contributed by atoms with E-state index in [1.807, 2.05) is 0 Å². The summed E-state index contributed by atoms with van der Waals surface area (Å²) in [6.07, 6.45) is 0.379. The summed E-state index contributed by atoms with van der Waals surface area (Å²) in [6.45, 7) is 1.84. The monoisotopic (exact) mass is 435 g/mol. The van der Waals surface area contributed by atoms with Gasteiger partial charge in [0.25, 0.3) is 5.56 Å². The van der Waals surface area contributed by atoms with Crippen LogP contribution < -0.4 is 10.9 Å². The number of carbonyl (C=O) groups excluding carboxylic acids is 1. The van der Waals surface area contributed by atoms with Crippen LogP contribution in [-0.2, 0) is 11.3 Å². The molecule has 1 aromatic heterocycles. The number of hydrogen-bond donors (Lipinski definition) is 2. The average molecular weight is 436 g/mol. The van der Waals surface area contributed by atoms with Crippen molar-refractivity contribution in [2.75, 3.05) is 11.9 Å². The first kappa shape index (κ1) is 21.3. The number of fused-ring (bicyclic) bond motifs is 1. The Morgan fingerprint density at radius 2 is 2.10 bits per heavy atom. The average Bonchev–Trinajstić information content (AvgIpc) is 2.70. The minimum absolute atomic E-state index is 0.0241. The van der Waals surface area contributed by atoms with Crippen LogP contribution in [0.15, 0.2) is 52.4 Å². The Kier molecular flexibility index (Phi) is 6.89. The summed E-state index contributed by atoms with van der Waals surface area (Å²) in [5.74, 6) is -1.07. The molecule has 0 spiro atoms. The number of amides is 1. The van der Waals surface area contributed by atoms with E-state index in [1.54, 1.807) is 31.2 Å². The molecule has 0 aliphatic carbocycles. The van der Waals surface area contributed by atoms with Crippen molar-refractivity contribution in [3.05, 3.63) is 63.7 Å². The second kappa shape index (κ2) is 9.39. The first-order valence-corrected chi connectivity index (χ1v) is 10.2. The molecule has 2 N–H and O–H groups in total. The number of hydrogen-bond acceptors (Lipinski definition) is 5. The second-order valence-corrected chi connectivity index (χ2v) is 8.06. The number of aromatic nitrogens is 2. The van der Waals surface area contributed by atoms with Crippen molar-refractivity contribution in [2.45, 2.75) is 30.3 Å². The van der Waals surface area contributed by atoms with Gasteiger partial charge in [-0.25, -0.2) is 9.37 Å². The maximum absolute atomic E-state index is 13.9. The number of nitrogens with zero attached hydrogens (tertiary/aromatic N) is 2. The van der Waals surface area contributed by atoms with Gasteiger partial charge in [0.1, 0.15) is 5.82 Å². The smallest absolute Gasteiger partial charge is 0.262 e. The number of aliphatic hydroxyl groups excluding tert-OH is 1. The number of carbonyl (C=O) groups is 1. The highest BCUT2D eigenvalue weighted by molar-refractivity contribution is 8.00. The summed E-state index contributed by atoms with van der Waals surface area (Å²) in [6, 6.07) is 10.9. The Morgan fingerprint density at radius 1 is 1.34 bits per heavy atom. The van der Waals surface area contributed by atoms with E-state index in [9.17, 15) is 14.0 Å². The lowest BCUT2D eigenvalue weighted by atomic mass is 10.2. The van der Waals surface area contributed by atoms with Gasteiger partial charge in [-0.05, 0) is 43.7 Å². The SMILES string of the molecule is CC(Sc1nc2ccccc2c(=O)n1CCCO)C(=O)Nc1ccc(Cl)cc1F. The van der Waals surface area contributed by atoms with E-state index in [0.717, 1.165) is 17.8 Å². The minimum Gasteiger partial charge on any atom is -0.396 e. The van der Waals surface area contributed by atoms with Crippen LogP contribution in [-0.4, -0.2) is 32.4 Å². The summed E-state index contributed by atoms with van der Waals surface area (Å²) < 4.78 is 15.4. The van der Waals surface area contributed by atoms with E-state index >= 15 is 0 Å².